The molecule has 3 rings (SSSR count). The summed E-state index contributed by atoms with van der Waals surface area (Å²) >= 11 is 0. The van der Waals surface area contributed by atoms with E-state index in [4.69, 9.17) is 5.26 Å². The SMILES string of the molecule is CN1CCCC[C@H]1CN1CCN(c2ccc(C#N)cn2)CC1. The van der Waals surface area contributed by atoms with E-state index in [9.17, 15) is 0 Å². The number of anilines is 1. The Labute approximate surface area is 133 Å². The summed E-state index contributed by atoms with van der Waals surface area (Å²) < 4.78 is 0. The minimum Gasteiger partial charge on any atom is -0.354 e. The van der Waals surface area contributed by atoms with E-state index in [0.717, 1.165) is 38.0 Å². The first-order valence-corrected chi connectivity index (χ1v) is 8.30. The number of rotatable bonds is 3. The molecule has 0 saturated carbocycles. The number of nitriles is 1. The van der Waals surface area contributed by atoms with Crippen molar-refractivity contribution in [2.45, 2.75) is 25.3 Å². The molecule has 2 saturated heterocycles. The highest BCUT2D eigenvalue weighted by atomic mass is 15.3. The van der Waals surface area contributed by atoms with E-state index >= 15 is 0 Å². The van der Waals surface area contributed by atoms with Crippen LogP contribution < -0.4 is 4.90 Å². The summed E-state index contributed by atoms with van der Waals surface area (Å²) in [5, 5.41) is 8.84. The molecule has 0 aromatic carbocycles. The van der Waals surface area contributed by atoms with Gasteiger partial charge in [0, 0.05) is 45.0 Å². The third kappa shape index (κ3) is 3.57. The zero-order valence-corrected chi connectivity index (χ0v) is 13.4. The maximum absolute atomic E-state index is 8.84. The smallest absolute Gasteiger partial charge is 0.128 e. The van der Waals surface area contributed by atoms with Gasteiger partial charge in [0.1, 0.15) is 11.9 Å². The topological polar surface area (TPSA) is 46.4 Å². The lowest BCUT2D eigenvalue weighted by Gasteiger charge is -2.40. The van der Waals surface area contributed by atoms with Crippen molar-refractivity contribution in [3.63, 3.8) is 0 Å². The van der Waals surface area contributed by atoms with Crippen LogP contribution in [0.2, 0.25) is 0 Å². The van der Waals surface area contributed by atoms with E-state index < -0.39 is 0 Å². The molecule has 0 aliphatic carbocycles. The Bertz CT molecular complexity index is 513. The first kappa shape index (κ1) is 15.3. The van der Waals surface area contributed by atoms with E-state index in [0.29, 0.717) is 5.56 Å². The van der Waals surface area contributed by atoms with Crippen LogP contribution in [-0.4, -0.2) is 67.1 Å². The predicted octanol–water partition coefficient (Wildman–Crippen LogP) is 1.56. The van der Waals surface area contributed by atoms with E-state index in [1.165, 1.54) is 32.4 Å². The minimum absolute atomic E-state index is 0.628. The molecule has 1 atom stereocenters. The van der Waals surface area contributed by atoms with Gasteiger partial charge in [-0.05, 0) is 38.6 Å². The number of likely N-dealkylation sites (N-methyl/N-ethyl adjacent to an activating group) is 1. The van der Waals surface area contributed by atoms with Gasteiger partial charge in [0.05, 0.1) is 5.56 Å². The standard InChI is InChI=1S/C17H25N5/c1-20-7-3-2-4-16(20)14-21-8-10-22(11-9-21)17-6-5-15(12-18)13-19-17/h5-6,13,16H,2-4,7-11,14H2,1H3/t16-/m0/s1. The Morgan fingerprint density at radius 3 is 2.64 bits per heavy atom. The first-order valence-electron chi connectivity index (χ1n) is 8.30. The lowest BCUT2D eigenvalue weighted by molar-refractivity contribution is 0.124. The summed E-state index contributed by atoms with van der Waals surface area (Å²) in [7, 11) is 2.26. The summed E-state index contributed by atoms with van der Waals surface area (Å²) in [4.78, 5) is 11.8. The summed E-state index contributed by atoms with van der Waals surface area (Å²) in [6.45, 7) is 6.70. The average Bonchev–Trinajstić information content (AvgIpc) is 2.58. The van der Waals surface area contributed by atoms with Crippen LogP contribution in [-0.2, 0) is 0 Å². The lowest BCUT2D eigenvalue weighted by Crippen LogP contribution is -2.52. The van der Waals surface area contributed by atoms with E-state index in [-0.39, 0.29) is 0 Å². The number of pyridine rings is 1. The fraction of sp³-hybridized carbons (Fsp3) is 0.647. The maximum atomic E-state index is 8.84. The molecule has 5 heteroatoms. The Balaban J connectivity index is 1.50. The summed E-state index contributed by atoms with van der Waals surface area (Å²) in [6.07, 6.45) is 5.74. The third-order valence-electron chi connectivity index (χ3n) is 4.96. The van der Waals surface area contributed by atoms with Gasteiger partial charge in [-0.3, -0.25) is 4.90 Å². The van der Waals surface area contributed by atoms with Gasteiger partial charge in [0.25, 0.3) is 0 Å². The Hall–Kier alpha value is -1.64. The number of piperazine rings is 1. The van der Waals surface area contributed by atoms with Crippen LogP contribution in [0.25, 0.3) is 0 Å². The van der Waals surface area contributed by atoms with Gasteiger partial charge in [0.2, 0.25) is 0 Å². The fourth-order valence-electron chi connectivity index (χ4n) is 3.47. The summed E-state index contributed by atoms with van der Waals surface area (Å²) in [5.41, 5.74) is 0.628. The first-order chi connectivity index (χ1) is 10.8. The lowest BCUT2D eigenvalue weighted by atomic mass is 10.0. The van der Waals surface area contributed by atoms with Crippen LogP contribution in [0.1, 0.15) is 24.8 Å². The van der Waals surface area contributed by atoms with Gasteiger partial charge in [-0.15, -0.1) is 0 Å². The van der Waals surface area contributed by atoms with Gasteiger partial charge in [-0.1, -0.05) is 6.42 Å². The number of hydrogen-bond acceptors (Lipinski definition) is 5. The number of piperidine rings is 1. The van der Waals surface area contributed by atoms with Crippen molar-refractivity contribution >= 4 is 5.82 Å². The largest absolute Gasteiger partial charge is 0.354 e. The normalized spacial score (nSPS) is 24.2. The molecule has 5 nitrogen and oxygen atoms in total. The molecule has 2 aliphatic rings. The maximum Gasteiger partial charge on any atom is 0.128 e. The quantitative estimate of drug-likeness (QED) is 0.847. The highest BCUT2D eigenvalue weighted by Gasteiger charge is 2.24. The van der Waals surface area contributed by atoms with Crippen LogP contribution in [0.3, 0.4) is 0 Å². The molecule has 0 N–H and O–H groups in total. The second-order valence-corrected chi connectivity index (χ2v) is 6.43. The van der Waals surface area contributed by atoms with Gasteiger partial charge >= 0.3 is 0 Å². The highest BCUT2D eigenvalue weighted by Crippen LogP contribution is 2.18. The summed E-state index contributed by atoms with van der Waals surface area (Å²) in [5.74, 6) is 0.994. The Kier molecular flexibility index (Phi) is 4.91. The molecule has 2 aliphatic heterocycles. The van der Waals surface area contributed by atoms with E-state index in [1.807, 2.05) is 12.1 Å². The molecule has 0 bridgehead atoms. The second-order valence-electron chi connectivity index (χ2n) is 6.43. The fourth-order valence-corrected chi connectivity index (χ4v) is 3.47. The molecular formula is C17H25N5. The molecule has 0 unspecified atom stereocenters. The molecule has 3 heterocycles. The third-order valence-corrected chi connectivity index (χ3v) is 4.96. The van der Waals surface area contributed by atoms with Crippen LogP contribution >= 0.6 is 0 Å². The van der Waals surface area contributed by atoms with Crippen molar-refractivity contribution in [2.75, 3.05) is 51.2 Å². The number of likely N-dealkylation sites (tertiary alicyclic amines) is 1. The molecule has 0 spiro atoms. The zero-order valence-electron chi connectivity index (χ0n) is 13.4. The van der Waals surface area contributed by atoms with Crippen molar-refractivity contribution < 1.29 is 0 Å². The van der Waals surface area contributed by atoms with Gasteiger partial charge in [-0.2, -0.15) is 5.26 Å². The van der Waals surface area contributed by atoms with Gasteiger partial charge < -0.3 is 9.80 Å². The number of aromatic nitrogens is 1. The molecule has 1 aromatic heterocycles. The van der Waals surface area contributed by atoms with Crippen LogP contribution in [0.15, 0.2) is 18.3 Å². The Morgan fingerprint density at radius 1 is 1.18 bits per heavy atom. The van der Waals surface area contributed by atoms with E-state index in [1.54, 1.807) is 6.20 Å². The monoisotopic (exact) mass is 299 g/mol. The molecule has 118 valence electrons. The van der Waals surface area contributed by atoms with Crippen molar-refractivity contribution in [3.8, 4) is 6.07 Å². The Morgan fingerprint density at radius 2 is 2.00 bits per heavy atom. The van der Waals surface area contributed by atoms with Crippen LogP contribution in [0.5, 0.6) is 0 Å². The number of nitrogens with zero attached hydrogens (tertiary/aromatic N) is 5. The van der Waals surface area contributed by atoms with E-state index in [2.05, 4.69) is 32.8 Å². The molecule has 0 radical (unpaired) electrons. The van der Waals surface area contributed by atoms with Crippen LogP contribution in [0, 0.1) is 11.3 Å². The predicted molar refractivity (Wildman–Crippen MR) is 87.9 cm³/mol. The average molecular weight is 299 g/mol. The van der Waals surface area contributed by atoms with Gasteiger partial charge in [0.15, 0.2) is 0 Å². The summed E-state index contributed by atoms with van der Waals surface area (Å²) in [6, 6.07) is 6.66. The van der Waals surface area contributed by atoms with Crippen molar-refractivity contribution in [3.05, 3.63) is 23.9 Å². The number of hydrogen-bond donors (Lipinski definition) is 0. The van der Waals surface area contributed by atoms with Crippen molar-refractivity contribution in [2.24, 2.45) is 0 Å². The molecular weight excluding hydrogens is 274 g/mol. The molecule has 22 heavy (non-hydrogen) atoms. The van der Waals surface area contributed by atoms with Crippen molar-refractivity contribution in [1.29, 1.82) is 5.26 Å². The minimum atomic E-state index is 0.628. The highest BCUT2D eigenvalue weighted by molar-refractivity contribution is 5.42. The second kappa shape index (κ2) is 7.08. The van der Waals surface area contributed by atoms with Crippen LogP contribution in [0.4, 0.5) is 5.82 Å². The van der Waals surface area contributed by atoms with Gasteiger partial charge in [-0.25, -0.2) is 4.98 Å². The van der Waals surface area contributed by atoms with Crippen molar-refractivity contribution in [1.82, 2.24) is 14.8 Å². The molecule has 1 aromatic rings. The molecule has 0 amide bonds. The molecule has 2 fully saturated rings. The zero-order chi connectivity index (χ0) is 15.4.